The van der Waals surface area contributed by atoms with Crippen LogP contribution in [0, 0.1) is 5.92 Å². The maximum Gasteiger partial charge on any atom is 0.243 e. The van der Waals surface area contributed by atoms with Crippen LogP contribution in [0.1, 0.15) is 82.8 Å². The molecule has 0 aliphatic carbocycles. The van der Waals surface area contributed by atoms with E-state index < -0.39 is 41.9 Å². The van der Waals surface area contributed by atoms with Crippen LogP contribution in [0.4, 0.5) is 0 Å². The maximum absolute atomic E-state index is 13.4. The third-order valence-electron chi connectivity index (χ3n) is 7.56. The minimum atomic E-state index is -0.861. The largest absolute Gasteiger partial charge is 0.421 e. The van der Waals surface area contributed by atoms with Gasteiger partial charge in [0.1, 0.15) is 18.1 Å². The van der Waals surface area contributed by atoms with Gasteiger partial charge in [-0.2, -0.15) is 0 Å². The lowest BCUT2D eigenvalue weighted by Gasteiger charge is -2.30. The standard InChI is InChI=1S/C29H41N7O5/c1-5-22-29-35-34-28(41-29)21(15-19-10-7-6-8-11-19)32-24(37)16-30-26(39)20(14-17(2)3)33-25(38)18(4)31-27(40)23-12-9-13-36(22)23/h6-8,10-11,17-18,20-23H,5,9,12-16H2,1-4H3,(H,30,39)(H,31,40)(H,32,37)(H,33,38)/t18-,20-,21-,22?,23-/m0/s1. The van der Waals surface area contributed by atoms with Crippen LogP contribution in [0.15, 0.2) is 34.7 Å². The predicted octanol–water partition coefficient (Wildman–Crippen LogP) is 1.55. The molecule has 1 aromatic heterocycles. The second-order valence-corrected chi connectivity index (χ2v) is 11.2. The van der Waals surface area contributed by atoms with Crippen molar-refractivity contribution in [2.75, 3.05) is 13.1 Å². The van der Waals surface area contributed by atoms with Crippen molar-refractivity contribution in [2.24, 2.45) is 5.92 Å². The predicted molar refractivity (Wildman–Crippen MR) is 150 cm³/mol. The highest BCUT2D eigenvalue weighted by Crippen LogP contribution is 2.32. The van der Waals surface area contributed by atoms with E-state index in [4.69, 9.17) is 4.42 Å². The zero-order valence-corrected chi connectivity index (χ0v) is 24.2. The Hall–Kier alpha value is -3.80. The summed E-state index contributed by atoms with van der Waals surface area (Å²) < 4.78 is 6.17. The Morgan fingerprint density at radius 1 is 0.951 bits per heavy atom. The highest BCUT2D eigenvalue weighted by molar-refractivity contribution is 5.94. The summed E-state index contributed by atoms with van der Waals surface area (Å²) in [4.78, 5) is 54.5. The second kappa shape index (κ2) is 13.7. The summed E-state index contributed by atoms with van der Waals surface area (Å²) in [6, 6.07) is 6.49. The molecule has 0 saturated carbocycles. The fourth-order valence-electron chi connectivity index (χ4n) is 5.48. The van der Waals surface area contributed by atoms with Crippen LogP contribution < -0.4 is 21.3 Å². The molecule has 4 N–H and O–H groups in total. The SMILES string of the molecule is CCC1c2nnc(o2)[C@H](Cc2ccccc2)NC(=O)CNC(=O)[C@H](CC(C)C)NC(=O)[C@H](C)NC(=O)[C@@H]2CCCN12. The quantitative estimate of drug-likeness (QED) is 0.424. The number of hydrogen-bond acceptors (Lipinski definition) is 8. The van der Waals surface area contributed by atoms with Crippen molar-refractivity contribution < 1.29 is 23.6 Å². The molecule has 222 valence electrons. The van der Waals surface area contributed by atoms with Gasteiger partial charge in [-0.15, -0.1) is 10.2 Å². The summed E-state index contributed by atoms with van der Waals surface area (Å²) in [7, 11) is 0. The van der Waals surface area contributed by atoms with E-state index >= 15 is 0 Å². The minimum Gasteiger partial charge on any atom is -0.421 e. The molecule has 3 heterocycles. The topological polar surface area (TPSA) is 159 Å². The lowest BCUT2D eigenvalue weighted by atomic mass is 10.0. The minimum absolute atomic E-state index is 0.0997. The zero-order valence-electron chi connectivity index (χ0n) is 24.2. The van der Waals surface area contributed by atoms with Crippen LogP contribution in [-0.4, -0.2) is 69.9 Å². The van der Waals surface area contributed by atoms with Gasteiger partial charge in [0.05, 0.1) is 18.6 Å². The van der Waals surface area contributed by atoms with Gasteiger partial charge >= 0.3 is 0 Å². The van der Waals surface area contributed by atoms with Crippen LogP contribution >= 0.6 is 0 Å². The van der Waals surface area contributed by atoms with Crippen molar-refractivity contribution in [1.82, 2.24) is 36.4 Å². The summed E-state index contributed by atoms with van der Waals surface area (Å²) in [5.74, 6) is -0.915. The van der Waals surface area contributed by atoms with Crippen molar-refractivity contribution in [3.8, 4) is 0 Å². The van der Waals surface area contributed by atoms with Gasteiger partial charge in [0.2, 0.25) is 35.4 Å². The van der Waals surface area contributed by atoms with E-state index in [2.05, 4.69) is 31.5 Å². The highest BCUT2D eigenvalue weighted by Gasteiger charge is 2.39. The summed E-state index contributed by atoms with van der Waals surface area (Å²) in [5.41, 5.74) is 0.959. The fraction of sp³-hybridized carbons (Fsp3) is 0.586. The molecule has 0 radical (unpaired) electrons. The van der Waals surface area contributed by atoms with Crippen molar-refractivity contribution >= 4 is 23.6 Å². The van der Waals surface area contributed by atoms with Crippen molar-refractivity contribution in [3.63, 3.8) is 0 Å². The first-order valence-corrected chi connectivity index (χ1v) is 14.5. The molecule has 2 aliphatic heterocycles. The number of carbonyl (C=O) groups excluding carboxylic acids is 4. The molecule has 2 aromatic rings. The number of rotatable bonds is 5. The number of aromatic nitrogens is 2. The average molecular weight is 568 g/mol. The third-order valence-corrected chi connectivity index (χ3v) is 7.56. The third kappa shape index (κ3) is 7.69. The van der Waals surface area contributed by atoms with Gasteiger partial charge in [-0.25, -0.2) is 0 Å². The number of fused-ring (bicyclic) bond motifs is 3. The van der Waals surface area contributed by atoms with Crippen molar-refractivity contribution in [2.45, 2.75) is 90.0 Å². The van der Waals surface area contributed by atoms with E-state index in [1.54, 1.807) is 6.92 Å². The Morgan fingerprint density at radius 2 is 1.68 bits per heavy atom. The molecular weight excluding hydrogens is 526 g/mol. The summed E-state index contributed by atoms with van der Waals surface area (Å²) in [6.07, 6.45) is 2.83. The number of nitrogens with one attached hydrogen (secondary N) is 4. The molecule has 1 unspecified atom stereocenters. The Balaban J connectivity index is 1.67. The number of benzene rings is 1. The number of hydrogen-bond donors (Lipinski definition) is 4. The molecular formula is C29H41N7O5. The average Bonchev–Trinajstić information content (AvgIpc) is 3.62. The number of amides is 4. The molecule has 5 atom stereocenters. The molecule has 1 saturated heterocycles. The monoisotopic (exact) mass is 567 g/mol. The Kier molecular flexibility index (Phi) is 10.1. The van der Waals surface area contributed by atoms with Gasteiger partial charge in [-0.05, 0) is 50.6 Å². The highest BCUT2D eigenvalue weighted by atomic mass is 16.4. The Morgan fingerprint density at radius 3 is 2.39 bits per heavy atom. The molecule has 2 aliphatic rings. The number of carbonyl (C=O) groups is 4. The summed E-state index contributed by atoms with van der Waals surface area (Å²) in [6.45, 7) is 7.83. The van der Waals surface area contributed by atoms with Gasteiger partial charge in [0.25, 0.3) is 0 Å². The van der Waals surface area contributed by atoms with E-state index in [0.29, 0.717) is 38.1 Å². The van der Waals surface area contributed by atoms with E-state index in [9.17, 15) is 19.2 Å². The molecule has 1 fully saturated rings. The van der Waals surface area contributed by atoms with Gasteiger partial charge in [0.15, 0.2) is 0 Å². The molecule has 0 spiro atoms. The molecule has 12 nitrogen and oxygen atoms in total. The number of nitrogens with zero attached hydrogens (tertiary/aromatic N) is 3. The van der Waals surface area contributed by atoms with Crippen LogP contribution in [0.5, 0.6) is 0 Å². The maximum atomic E-state index is 13.4. The second-order valence-electron chi connectivity index (χ2n) is 11.2. The molecule has 4 rings (SSSR count). The first-order chi connectivity index (χ1) is 19.7. The van der Waals surface area contributed by atoms with Crippen molar-refractivity contribution in [1.29, 1.82) is 0 Å². The summed E-state index contributed by atoms with van der Waals surface area (Å²) >= 11 is 0. The first-order valence-electron chi connectivity index (χ1n) is 14.5. The fourth-order valence-corrected chi connectivity index (χ4v) is 5.48. The molecule has 41 heavy (non-hydrogen) atoms. The van der Waals surface area contributed by atoms with Crippen LogP contribution in [0.3, 0.4) is 0 Å². The smallest absolute Gasteiger partial charge is 0.243 e. The first kappa shape index (κ1) is 30.2. The van der Waals surface area contributed by atoms with Crippen LogP contribution in [0.2, 0.25) is 0 Å². The lowest BCUT2D eigenvalue weighted by Crippen LogP contribution is -2.56. The van der Waals surface area contributed by atoms with Crippen LogP contribution in [-0.2, 0) is 25.6 Å². The van der Waals surface area contributed by atoms with E-state index in [1.165, 1.54) is 0 Å². The van der Waals surface area contributed by atoms with Gasteiger partial charge in [-0.3, -0.25) is 24.1 Å². The zero-order chi connectivity index (χ0) is 29.5. The molecule has 1 aromatic carbocycles. The molecule has 4 amide bonds. The lowest BCUT2D eigenvalue weighted by molar-refractivity contribution is -0.134. The summed E-state index contributed by atoms with van der Waals surface area (Å²) in [5, 5.41) is 19.8. The van der Waals surface area contributed by atoms with E-state index in [-0.39, 0.29) is 30.3 Å². The Labute approximate surface area is 240 Å². The van der Waals surface area contributed by atoms with Gasteiger partial charge in [-0.1, -0.05) is 51.1 Å². The van der Waals surface area contributed by atoms with Crippen LogP contribution in [0.25, 0.3) is 0 Å². The van der Waals surface area contributed by atoms with Crippen molar-refractivity contribution in [3.05, 3.63) is 47.7 Å². The molecule has 12 heteroatoms. The van der Waals surface area contributed by atoms with E-state index in [1.807, 2.05) is 56.0 Å². The normalized spacial score (nSPS) is 26.8. The van der Waals surface area contributed by atoms with Gasteiger partial charge < -0.3 is 25.7 Å². The van der Waals surface area contributed by atoms with Gasteiger partial charge in [0, 0.05) is 6.42 Å². The Bertz CT molecular complexity index is 1220. The van der Waals surface area contributed by atoms with E-state index in [0.717, 1.165) is 12.0 Å². The molecule has 2 bridgehead atoms.